The molecule has 0 spiro atoms. The van der Waals surface area contributed by atoms with Gasteiger partial charge in [0, 0.05) is 42.2 Å². The van der Waals surface area contributed by atoms with E-state index in [-0.39, 0.29) is 28.8 Å². The molecule has 3 aliphatic rings. The topological polar surface area (TPSA) is 101 Å². The quantitative estimate of drug-likeness (QED) is 0.431. The normalized spacial score (nSPS) is 24.2. The molecule has 3 aromatic rings. The maximum Gasteiger partial charge on any atom is 0.240 e. The highest BCUT2D eigenvalue weighted by Gasteiger charge is 2.41. The van der Waals surface area contributed by atoms with Crippen LogP contribution in [0.25, 0.3) is 22.2 Å². The number of hydrogen-bond donors (Lipinski definition) is 2. The predicted molar refractivity (Wildman–Crippen MR) is 150 cm³/mol. The molecule has 0 unspecified atom stereocenters. The maximum atomic E-state index is 13.3. The first-order valence-electron chi connectivity index (χ1n) is 14.0. The van der Waals surface area contributed by atoms with Gasteiger partial charge in [-0.2, -0.15) is 0 Å². The molecule has 3 fully saturated rings. The lowest BCUT2D eigenvalue weighted by molar-refractivity contribution is -0.146. The molecule has 2 heterocycles. The molecule has 1 atom stereocenters. The van der Waals surface area contributed by atoms with E-state index in [1.54, 1.807) is 19.2 Å². The van der Waals surface area contributed by atoms with Gasteiger partial charge >= 0.3 is 0 Å². The van der Waals surface area contributed by atoms with E-state index in [0.29, 0.717) is 58.0 Å². The van der Waals surface area contributed by atoms with Crippen molar-refractivity contribution in [2.75, 3.05) is 26.9 Å². The highest BCUT2D eigenvalue weighted by Crippen LogP contribution is 2.38. The molecular formula is C30H37N3O5S. The number of methoxy groups -OCH3 is 1. The summed E-state index contributed by atoms with van der Waals surface area (Å²) in [6.45, 7) is 2.50. The zero-order valence-electron chi connectivity index (χ0n) is 22.4. The van der Waals surface area contributed by atoms with Gasteiger partial charge in [0.15, 0.2) is 0 Å². The molecule has 6 rings (SSSR count). The number of H-pyrrole nitrogens is 1. The summed E-state index contributed by atoms with van der Waals surface area (Å²) in [5.41, 5.74) is 3.83. The number of ether oxygens (including phenoxy) is 2. The van der Waals surface area contributed by atoms with Crippen molar-refractivity contribution >= 4 is 26.8 Å². The summed E-state index contributed by atoms with van der Waals surface area (Å²) in [7, 11) is -2.01. The zero-order valence-corrected chi connectivity index (χ0v) is 23.2. The first-order valence-corrected chi connectivity index (χ1v) is 15.5. The first-order chi connectivity index (χ1) is 18.9. The summed E-state index contributed by atoms with van der Waals surface area (Å²) in [5, 5.41) is 0.955. The Hall–Kier alpha value is -2.72. The van der Waals surface area contributed by atoms with Crippen molar-refractivity contribution in [1.82, 2.24) is 14.6 Å². The highest BCUT2D eigenvalue weighted by atomic mass is 32.2. The molecule has 8 nitrogen and oxygen atoms in total. The van der Waals surface area contributed by atoms with Crippen LogP contribution in [0, 0.1) is 11.8 Å². The number of nitrogens with zero attached hydrogens (tertiary/aromatic N) is 1. The monoisotopic (exact) mass is 551 g/mol. The maximum absolute atomic E-state index is 13.3. The molecular weight excluding hydrogens is 514 g/mol. The van der Waals surface area contributed by atoms with E-state index in [0.717, 1.165) is 27.7 Å². The van der Waals surface area contributed by atoms with Gasteiger partial charge in [0.25, 0.3) is 0 Å². The van der Waals surface area contributed by atoms with Crippen molar-refractivity contribution in [3.63, 3.8) is 0 Å². The van der Waals surface area contributed by atoms with Gasteiger partial charge < -0.3 is 19.4 Å². The highest BCUT2D eigenvalue weighted by molar-refractivity contribution is 7.89. The summed E-state index contributed by atoms with van der Waals surface area (Å²) >= 11 is 0. The van der Waals surface area contributed by atoms with Gasteiger partial charge in [-0.3, -0.25) is 4.79 Å². The average molecular weight is 552 g/mol. The third kappa shape index (κ3) is 5.77. The molecule has 1 saturated heterocycles. The Labute approximate surface area is 230 Å². The molecule has 208 valence electrons. The molecule has 2 N–H and O–H groups in total. The molecule has 0 radical (unpaired) electrons. The van der Waals surface area contributed by atoms with Gasteiger partial charge in [0.2, 0.25) is 15.9 Å². The smallest absolute Gasteiger partial charge is 0.240 e. The summed E-state index contributed by atoms with van der Waals surface area (Å²) < 4.78 is 40.3. The Balaban J connectivity index is 1.09. The van der Waals surface area contributed by atoms with Crippen LogP contribution in [-0.4, -0.2) is 63.2 Å². The van der Waals surface area contributed by atoms with E-state index in [1.807, 2.05) is 36.4 Å². The number of morpholine rings is 1. The van der Waals surface area contributed by atoms with E-state index in [9.17, 15) is 13.2 Å². The van der Waals surface area contributed by atoms with Crippen LogP contribution >= 0.6 is 0 Å². The molecule has 1 amide bonds. The fourth-order valence-electron chi connectivity index (χ4n) is 6.12. The Morgan fingerprint density at radius 1 is 1.05 bits per heavy atom. The molecule has 2 aliphatic carbocycles. The summed E-state index contributed by atoms with van der Waals surface area (Å²) in [5.74, 6) is 0.798. The van der Waals surface area contributed by atoms with Crippen LogP contribution in [0.4, 0.5) is 0 Å². The number of aromatic amines is 1. The molecule has 0 bridgehead atoms. The SMILES string of the molecule is COCc1ccc(-c2cc3ccc(S(=O)(=O)N[C@H]4CC[C@H](C(=O)N5CCOC[C@@H]5C5CC5)CC4)cc3[nH]2)cc1. The van der Waals surface area contributed by atoms with Crippen LogP contribution < -0.4 is 4.72 Å². The van der Waals surface area contributed by atoms with Crippen molar-refractivity contribution in [3.8, 4) is 11.3 Å². The summed E-state index contributed by atoms with van der Waals surface area (Å²) in [6.07, 6.45) is 5.13. The van der Waals surface area contributed by atoms with Crippen LogP contribution in [0.3, 0.4) is 0 Å². The van der Waals surface area contributed by atoms with E-state index in [2.05, 4.69) is 14.6 Å². The lowest BCUT2D eigenvalue weighted by atomic mass is 9.85. The van der Waals surface area contributed by atoms with Gasteiger partial charge in [-0.05, 0) is 73.8 Å². The number of benzene rings is 2. The van der Waals surface area contributed by atoms with Crippen molar-refractivity contribution < 1.29 is 22.7 Å². The van der Waals surface area contributed by atoms with Crippen LogP contribution in [-0.2, 0) is 30.9 Å². The second-order valence-electron chi connectivity index (χ2n) is 11.2. The van der Waals surface area contributed by atoms with E-state index < -0.39 is 10.0 Å². The number of aromatic nitrogens is 1. The minimum absolute atomic E-state index is 0.0256. The number of rotatable bonds is 8. The molecule has 1 aromatic heterocycles. The predicted octanol–water partition coefficient (Wildman–Crippen LogP) is 4.46. The van der Waals surface area contributed by atoms with Crippen LogP contribution in [0.15, 0.2) is 53.4 Å². The van der Waals surface area contributed by atoms with Gasteiger partial charge in [0.1, 0.15) is 0 Å². The van der Waals surface area contributed by atoms with Crippen molar-refractivity contribution in [2.24, 2.45) is 11.8 Å². The fraction of sp³-hybridized carbons (Fsp3) is 0.500. The van der Waals surface area contributed by atoms with E-state index in [1.165, 1.54) is 12.8 Å². The number of nitrogens with one attached hydrogen (secondary N) is 2. The Kier molecular flexibility index (Phi) is 7.50. The fourth-order valence-corrected chi connectivity index (χ4v) is 7.45. The second kappa shape index (κ2) is 11.0. The minimum atomic E-state index is -3.68. The van der Waals surface area contributed by atoms with Crippen molar-refractivity contribution in [3.05, 3.63) is 54.1 Å². The van der Waals surface area contributed by atoms with E-state index in [4.69, 9.17) is 9.47 Å². The number of carbonyl (C=O) groups is 1. The van der Waals surface area contributed by atoms with Gasteiger partial charge in [-0.15, -0.1) is 0 Å². The zero-order chi connectivity index (χ0) is 27.0. The lowest BCUT2D eigenvalue weighted by Gasteiger charge is -2.39. The third-order valence-corrected chi connectivity index (χ3v) is 10.0. The third-order valence-electron chi connectivity index (χ3n) is 8.49. The van der Waals surface area contributed by atoms with E-state index >= 15 is 0 Å². The first kappa shape index (κ1) is 26.5. The average Bonchev–Trinajstić information content (AvgIpc) is 3.71. The second-order valence-corrected chi connectivity index (χ2v) is 13.0. The number of sulfonamides is 1. The van der Waals surface area contributed by atoms with Gasteiger partial charge in [-0.25, -0.2) is 13.1 Å². The Morgan fingerprint density at radius 3 is 2.54 bits per heavy atom. The largest absolute Gasteiger partial charge is 0.380 e. The summed E-state index contributed by atoms with van der Waals surface area (Å²) in [6, 6.07) is 15.4. The number of carbonyl (C=O) groups excluding carboxylic acids is 1. The Morgan fingerprint density at radius 2 is 1.82 bits per heavy atom. The molecule has 1 aliphatic heterocycles. The van der Waals surface area contributed by atoms with Gasteiger partial charge in [0.05, 0.1) is 30.8 Å². The molecule has 2 saturated carbocycles. The minimum Gasteiger partial charge on any atom is -0.380 e. The molecule has 39 heavy (non-hydrogen) atoms. The number of fused-ring (bicyclic) bond motifs is 1. The van der Waals surface area contributed by atoms with Crippen molar-refractivity contribution in [1.29, 1.82) is 0 Å². The van der Waals surface area contributed by atoms with Crippen LogP contribution in [0.5, 0.6) is 0 Å². The van der Waals surface area contributed by atoms with Crippen molar-refractivity contribution in [2.45, 2.75) is 62.1 Å². The summed E-state index contributed by atoms with van der Waals surface area (Å²) in [4.78, 5) is 19.0. The lowest BCUT2D eigenvalue weighted by Crippen LogP contribution is -2.52. The Bertz CT molecular complexity index is 1420. The van der Waals surface area contributed by atoms with Gasteiger partial charge in [-0.1, -0.05) is 30.3 Å². The number of hydrogen-bond acceptors (Lipinski definition) is 5. The van der Waals surface area contributed by atoms with Crippen LogP contribution in [0.2, 0.25) is 0 Å². The van der Waals surface area contributed by atoms with Crippen LogP contribution in [0.1, 0.15) is 44.1 Å². The standard InChI is InChI=1S/C30H37N3O5S/c1-37-18-20-2-4-21(5-3-20)27-16-24-10-13-26(17-28(24)31-27)39(35,36)32-25-11-8-23(9-12-25)30(34)33-14-15-38-19-29(33)22-6-7-22/h2-5,10,13,16-17,22-23,25,29,31-32H,6-9,11-12,14-15,18-19H2,1H3/t23-,25-,29-/m1/s1. The number of amides is 1. The molecule has 9 heteroatoms. The molecule has 2 aromatic carbocycles.